The molecule has 3 rings (SSSR count). The molecule has 1 spiro atoms. The summed E-state index contributed by atoms with van der Waals surface area (Å²) < 4.78 is -1.03. The molecule has 0 aromatic rings. The van der Waals surface area contributed by atoms with Gasteiger partial charge in [0, 0.05) is 0 Å². The van der Waals surface area contributed by atoms with Gasteiger partial charge in [0.2, 0.25) is 0 Å². The van der Waals surface area contributed by atoms with Gasteiger partial charge in [0.05, 0.1) is 0 Å². The Bertz CT molecular complexity index is 235. The molecule has 0 bridgehead atoms. The molecule has 0 radical (unpaired) electrons. The molecule has 0 aromatic heterocycles. The molecule has 0 saturated carbocycles. The van der Waals surface area contributed by atoms with Crippen molar-refractivity contribution in [2.75, 3.05) is 0 Å². The average molecular weight is 424 g/mol. The maximum atomic E-state index is 11.2. The van der Waals surface area contributed by atoms with Crippen molar-refractivity contribution >= 4 is 16.4 Å². The fraction of sp³-hybridized carbons (Fsp3) is 0. The molecule has 80 valence electrons. The van der Waals surface area contributed by atoms with Crippen LogP contribution in [0, 0.1) is 20.8 Å². The van der Waals surface area contributed by atoms with E-state index in [2.05, 4.69) is 9.88 Å². The van der Waals surface area contributed by atoms with Crippen molar-refractivity contribution in [2.24, 2.45) is 0 Å². The van der Waals surface area contributed by atoms with Crippen LogP contribution in [0.1, 0.15) is 0 Å². The quantitative estimate of drug-likeness (QED) is 0.132. The Morgan fingerprint density at radius 3 is 2.23 bits per heavy atom. The molecule has 3 heterocycles. The molecule has 6 atom stereocenters. The summed E-state index contributed by atoms with van der Waals surface area (Å²) in [6.07, 6.45) is 0. The third-order valence-electron chi connectivity index (χ3n) is 1.52. The Balaban J connectivity index is 1.99. The van der Waals surface area contributed by atoms with Crippen LogP contribution in [-0.4, -0.2) is 1.44 Å². The molecular weight excluding hydrogens is 420 g/mol. The van der Waals surface area contributed by atoms with E-state index in [1.54, 1.807) is 0 Å². The second-order valence-electron chi connectivity index (χ2n) is 2.11. The SMILES string of the molecule is [O-][NH+]1O[NH+]([O-])[I-]23N1I2[NH+]([O-])O[NH+]3[O-]. The number of hydrogen-bond acceptors (Lipinski definition) is 7. The fourth-order valence-corrected chi connectivity index (χ4v) is 35.6. The number of nitrogens with one attached hydrogen (secondary N) is 4. The Labute approximate surface area is 79.1 Å². The summed E-state index contributed by atoms with van der Waals surface area (Å²) in [6.45, 7) is 0. The van der Waals surface area contributed by atoms with Crippen LogP contribution >= 0.6 is 16.4 Å². The van der Waals surface area contributed by atoms with Crippen LogP contribution in [0.15, 0.2) is 0 Å². The standard InChI is InChI=1S/H4I2N5O6/c8-4-1-2(5(9)12-4)3(1)7(11)13-6(2)10/h4-7H/q-1. The minimum atomic E-state index is -3.61. The first-order valence-electron chi connectivity index (χ1n) is 2.90. The zero-order valence-corrected chi connectivity index (χ0v) is 9.97. The van der Waals surface area contributed by atoms with Gasteiger partial charge in [-0.3, -0.25) is 0 Å². The van der Waals surface area contributed by atoms with Crippen LogP contribution in [-0.2, 0) is 9.88 Å². The van der Waals surface area contributed by atoms with E-state index in [1.807, 2.05) is 0 Å². The third-order valence-corrected chi connectivity index (χ3v) is 30.7. The van der Waals surface area contributed by atoms with E-state index >= 15 is 0 Å². The molecular formula is H4I2N5O6-. The van der Waals surface area contributed by atoms with Gasteiger partial charge in [0.1, 0.15) is 0 Å². The Morgan fingerprint density at radius 1 is 1.08 bits per heavy atom. The fourth-order valence-electron chi connectivity index (χ4n) is 1.03. The van der Waals surface area contributed by atoms with Gasteiger partial charge in [-0.05, 0) is 0 Å². The Kier molecular flexibility index (Phi) is 1.84. The van der Waals surface area contributed by atoms with Gasteiger partial charge in [0.25, 0.3) is 0 Å². The van der Waals surface area contributed by atoms with E-state index in [-0.39, 0.29) is 0 Å². The van der Waals surface area contributed by atoms with Crippen LogP contribution in [0.2, 0.25) is 0 Å². The van der Waals surface area contributed by atoms with Gasteiger partial charge in [0.15, 0.2) is 0 Å². The summed E-state index contributed by atoms with van der Waals surface area (Å²) in [4.78, 5) is 8.58. The predicted molar refractivity (Wildman–Crippen MR) is 35.3 cm³/mol. The molecule has 0 aromatic carbocycles. The van der Waals surface area contributed by atoms with Crippen molar-refractivity contribution in [3.8, 4) is 0 Å². The number of fused-ring (bicyclic) bond motifs is 1. The minimum absolute atomic E-state index is 0.629. The van der Waals surface area contributed by atoms with Gasteiger partial charge in [-0.15, -0.1) is 0 Å². The van der Waals surface area contributed by atoms with Crippen molar-refractivity contribution in [1.82, 2.24) is 1.44 Å². The average Bonchev–Trinajstić information content (AvgIpc) is 2.58. The summed E-state index contributed by atoms with van der Waals surface area (Å²) in [5, 5.41) is 43.5. The molecule has 11 nitrogen and oxygen atoms in total. The van der Waals surface area contributed by atoms with Crippen molar-refractivity contribution in [3.05, 3.63) is 20.8 Å². The summed E-state index contributed by atoms with van der Waals surface area (Å²) in [7, 11) is 0. The van der Waals surface area contributed by atoms with E-state index < -0.39 is 47.3 Å². The van der Waals surface area contributed by atoms with Gasteiger partial charge >= 0.3 is 79.5 Å². The third kappa shape index (κ3) is 0.854. The maximum absolute atomic E-state index is 11.2. The van der Waals surface area contributed by atoms with Gasteiger partial charge in [-0.2, -0.15) is 0 Å². The van der Waals surface area contributed by atoms with E-state index in [9.17, 15) is 20.8 Å². The summed E-state index contributed by atoms with van der Waals surface area (Å²) in [5.41, 5.74) is 0. The summed E-state index contributed by atoms with van der Waals surface area (Å²) in [6, 6.07) is 0. The molecule has 13 heteroatoms. The molecule has 3 fully saturated rings. The van der Waals surface area contributed by atoms with Gasteiger partial charge in [-0.25, -0.2) is 0 Å². The van der Waals surface area contributed by atoms with Gasteiger partial charge < -0.3 is 0 Å². The van der Waals surface area contributed by atoms with Gasteiger partial charge in [-0.1, -0.05) is 0 Å². The second kappa shape index (κ2) is 2.58. The van der Waals surface area contributed by atoms with Crippen LogP contribution in [0.4, 0.5) is 0 Å². The first kappa shape index (κ1) is 9.26. The van der Waals surface area contributed by atoms with Crippen molar-refractivity contribution in [2.45, 2.75) is 0 Å². The van der Waals surface area contributed by atoms with E-state index in [4.69, 9.17) is 0 Å². The zero-order valence-electron chi connectivity index (χ0n) is 5.65. The molecule has 3 saturated heterocycles. The first-order chi connectivity index (χ1) is 6.10. The predicted octanol–water partition coefficient (Wildman–Crippen LogP) is -9.37. The van der Waals surface area contributed by atoms with E-state index in [1.165, 1.54) is 0 Å². The van der Waals surface area contributed by atoms with Crippen LogP contribution in [0.3, 0.4) is 0 Å². The van der Waals surface area contributed by atoms with E-state index in [0.717, 1.165) is 1.44 Å². The molecule has 3 aliphatic rings. The first-order valence-corrected chi connectivity index (χ1v) is 14.4. The second-order valence-corrected chi connectivity index (χ2v) is 25.6. The Hall–Kier alpha value is 1.02. The Morgan fingerprint density at radius 2 is 1.69 bits per heavy atom. The zero-order chi connectivity index (χ0) is 9.38. The molecule has 0 aliphatic carbocycles. The van der Waals surface area contributed by atoms with E-state index in [0.29, 0.717) is 0 Å². The summed E-state index contributed by atoms with van der Waals surface area (Å²) >= 11 is -6.11. The van der Waals surface area contributed by atoms with Crippen molar-refractivity contribution in [3.63, 3.8) is 0 Å². The van der Waals surface area contributed by atoms with Crippen LogP contribution in [0.25, 0.3) is 0 Å². The monoisotopic (exact) mass is 424 g/mol. The molecule has 13 heavy (non-hydrogen) atoms. The number of hydrogen-bond donors (Lipinski definition) is 4. The number of halogens is 2. The van der Waals surface area contributed by atoms with Crippen molar-refractivity contribution in [1.29, 1.82) is 0 Å². The van der Waals surface area contributed by atoms with Crippen LogP contribution in [0.5, 0.6) is 0 Å². The number of rotatable bonds is 0. The summed E-state index contributed by atoms with van der Waals surface area (Å²) in [5.74, 6) is 0. The van der Waals surface area contributed by atoms with Crippen LogP contribution < -0.4 is 30.9 Å². The molecule has 0 amide bonds. The normalized spacial score (nSPS) is 71.4. The molecule has 4 N–H and O–H groups in total. The molecule has 3 aliphatic heterocycles. The van der Waals surface area contributed by atoms with Crippen molar-refractivity contribution < 1.29 is 40.8 Å². The number of quaternary nitrogens is 4. The molecule has 6 unspecified atom stereocenters. The topological polar surface area (TPSA) is 131 Å². The number of nitrogens with zero attached hydrogens (tertiary/aromatic N) is 1.